The maximum absolute atomic E-state index is 11.7. The number of nitrogens with zero attached hydrogens (tertiary/aromatic N) is 2. The molecule has 2 fully saturated rings. The van der Waals surface area contributed by atoms with Crippen molar-refractivity contribution in [3.8, 4) is 0 Å². The van der Waals surface area contributed by atoms with Crippen LogP contribution in [0.2, 0.25) is 5.02 Å². The average molecular weight is 508 g/mol. The molecule has 2 saturated heterocycles. The van der Waals surface area contributed by atoms with Gasteiger partial charge in [0.2, 0.25) is 0 Å². The SMILES string of the molecule is CC(C)(C)OC(=O)N1CCCC(O)CC1.Clc1cc2cnccc2cc1SC1CCCNCC1. The minimum atomic E-state index is -0.442. The van der Waals surface area contributed by atoms with E-state index in [1.54, 1.807) is 4.90 Å². The average Bonchev–Trinajstić information content (AvgIpc) is 3.16. The molecule has 1 amide bonds. The van der Waals surface area contributed by atoms with Crippen LogP contribution in [0.1, 0.15) is 59.3 Å². The van der Waals surface area contributed by atoms with Crippen molar-refractivity contribution in [2.75, 3.05) is 26.2 Å². The zero-order chi connectivity index (χ0) is 24.6. The molecule has 2 aliphatic heterocycles. The van der Waals surface area contributed by atoms with Gasteiger partial charge in [-0.25, -0.2) is 4.79 Å². The lowest BCUT2D eigenvalue weighted by atomic mass is 10.2. The number of likely N-dealkylation sites (tertiary alicyclic amines) is 1. The summed E-state index contributed by atoms with van der Waals surface area (Å²) in [5.41, 5.74) is -0.442. The van der Waals surface area contributed by atoms with Gasteiger partial charge in [0.1, 0.15) is 5.60 Å². The van der Waals surface area contributed by atoms with Gasteiger partial charge in [0.15, 0.2) is 0 Å². The van der Waals surface area contributed by atoms with Crippen LogP contribution in [0, 0.1) is 0 Å². The van der Waals surface area contributed by atoms with Gasteiger partial charge in [0.25, 0.3) is 0 Å². The summed E-state index contributed by atoms with van der Waals surface area (Å²) in [6, 6.07) is 6.27. The molecule has 6 nitrogen and oxygen atoms in total. The van der Waals surface area contributed by atoms with E-state index in [9.17, 15) is 9.90 Å². The lowest BCUT2D eigenvalue weighted by molar-refractivity contribution is 0.0251. The Kier molecular flexibility index (Phi) is 10.3. The number of carbonyl (C=O) groups is 1. The fourth-order valence-corrected chi connectivity index (χ4v) is 5.60. The number of benzene rings is 1. The van der Waals surface area contributed by atoms with Gasteiger partial charge in [-0.05, 0) is 96.0 Å². The van der Waals surface area contributed by atoms with Gasteiger partial charge < -0.3 is 20.1 Å². The number of thioether (sulfide) groups is 1. The Morgan fingerprint density at radius 2 is 1.97 bits per heavy atom. The minimum absolute atomic E-state index is 0.266. The third-order valence-corrected chi connectivity index (χ3v) is 7.68. The van der Waals surface area contributed by atoms with Gasteiger partial charge in [-0.2, -0.15) is 0 Å². The molecule has 1 aromatic heterocycles. The van der Waals surface area contributed by atoms with Crippen molar-refractivity contribution in [1.29, 1.82) is 0 Å². The molecule has 0 spiro atoms. The fraction of sp³-hybridized carbons (Fsp3) is 0.615. The molecule has 1 aromatic carbocycles. The fourth-order valence-electron chi connectivity index (χ4n) is 4.05. The van der Waals surface area contributed by atoms with Crippen LogP contribution in [0.15, 0.2) is 35.5 Å². The number of hydrogen-bond acceptors (Lipinski definition) is 6. The summed E-state index contributed by atoms with van der Waals surface area (Å²) >= 11 is 8.33. The quantitative estimate of drug-likeness (QED) is 0.527. The molecule has 3 heterocycles. The van der Waals surface area contributed by atoms with Crippen molar-refractivity contribution < 1.29 is 14.6 Å². The van der Waals surface area contributed by atoms with Gasteiger partial charge in [-0.15, -0.1) is 11.8 Å². The minimum Gasteiger partial charge on any atom is -0.444 e. The molecule has 2 aliphatic rings. The van der Waals surface area contributed by atoms with Crippen LogP contribution >= 0.6 is 23.4 Å². The number of nitrogens with one attached hydrogen (secondary N) is 1. The van der Waals surface area contributed by atoms with Gasteiger partial charge in [0, 0.05) is 41.0 Å². The Balaban J connectivity index is 0.000000197. The first-order valence-electron chi connectivity index (χ1n) is 12.3. The first-order valence-corrected chi connectivity index (χ1v) is 13.5. The highest BCUT2D eigenvalue weighted by atomic mass is 35.5. The highest BCUT2D eigenvalue weighted by Crippen LogP contribution is 2.36. The number of carbonyl (C=O) groups excluding carboxylic acids is 1. The maximum atomic E-state index is 11.7. The zero-order valence-corrected chi connectivity index (χ0v) is 22.1. The molecule has 188 valence electrons. The predicted octanol–water partition coefficient (Wildman–Crippen LogP) is 5.89. The van der Waals surface area contributed by atoms with E-state index in [0.717, 1.165) is 36.3 Å². The van der Waals surface area contributed by atoms with Crippen molar-refractivity contribution in [3.05, 3.63) is 35.6 Å². The van der Waals surface area contributed by atoms with Crippen molar-refractivity contribution in [1.82, 2.24) is 15.2 Å². The number of aliphatic hydroxyl groups is 1. The smallest absolute Gasteiger partial charge is 0.410 e. The number of rotatable bonds is 2. The van der Waals surface area contributed by atoms with Crippen molar-refractivity contribution >= 4 is 40.2 Å². The van der Waals surface area contributed by atoms with Gasteiger partial charge >= 0.3 is 6.09 Å². The molecule has 2 unspecified atom stereocenters. The van der Waals surface area contributed by atoms with Gasteiger partial charge in [0.05, 0.1) is 11.1 Å². The Bertz CT molecular complexity index is 929. The molecular weight excluding hydrogens is 470 g/mol. The number of fused-ring (bicyclic) bond motifs is 1. The molecule has 34 heavy (non-hydrogen) atoms. The first-order chi connectivity index (χ1) is 16.2. The summed E-state index contributed by atoms with van der Waals surface area (Å²) in [5, 5.41) is 16.7. The third kappa shape index (κ3) is 8.91. The van der Waals surface area contributed by atoms with Crippen LogP contribution < -0.4 is 5.32 Å². The monoisotopic (exact) mass is 507 g/mol. The highest BCUT2D eigenvalue weighted by Gasteiger charge is 2.24. The van der Waals surface area contributed by atoms with Gasteiger partial charge in [-0.3, -0.25) is 4.98 Å². The normalized spacial score (nSPS) is 21.7. The van der Waals surface area contributed by atoms with Crippen LogP contribution in [0.3, 0.4) is 0 Å². The van der Waals surface area contributed by atoms with Crippen LogP contribution in [0.25, 0.3) is 10.8 Å². The molecule has 0 bridgehead atoms. The van der Waals surface area contributed by atoms with Crippen LogP contribution in [-0.4, -0.2) is 64.2 Å². The Morgan fingerprint density at radius 3 is 2.76 bits per heavy atom. The van der Waals surface area contributed by atoms with E-state index >= 15 is 0 Å². The number of aliphatic hydroxyl groups excluding tert-OH is 1. The zero-order valence-electron chi connectivity index (χ0n) is 20.6. The molecule has 0 radical (unpaired) electrons. The van der Waals surface area contributed by atoms with E-state index in [2.05, 4.69) is 16.4 Å². The van der Waals surface area contributed by atoms with Crippen molar-refractivity contribution in [2.45, 2.75) is 81.1 Å². The molecule has 0 saturated carbocycles. The number of pyridine rings is 1. The van der Waals surface area contributed by atoms with Crippen LogP contribution in [0.5, 0.6) is 0 Å². The maximum Gasteiger partial charge on any atom is 0.410 e. The summed E-state index contributed by atoms with van der Waals surface area (Å²) in [4.78, 5) is 18.7. The number of amides is 1. The molecule has 0 aliphatic carbocycles. The summed E-state index contributed by atoms with van der Waals surface area (Å²) in [7, 11) is 0. The van der Waals surface area contributed by atoms with Gasteiger partial charge in [-0.1, -0.05) is 11.6 Å². The number of ether oxygens (including phenoxy) is 1. The van der Waals surface area contributed by atoms with Crippen molar-refractivity contribution in [3.63, 3.8) is 0 Å². The Morgan fingerprint density at radius 1 is 1.15 bits per heavy atom. The predicted molar refractivity (Wildman–Crippen MR) is 141 cm³/mol. The summed E-state index contributed by atoms with van der Waals surface area (Å²) < 4.78 is 5.27. The number of aromatic nitrogens is 1. The third-order valence-electron chi connectivity index (χ3n) is 5.86. The van der Waals surface area contributed by atoms with E-state index in [1.165, 1.54) is 29.5 Å². The molecular formula is C26H38ClN3O3S. The lowest BCUT2D eigenvalue weighted by Gasteiger charge is -2.26. The lowest BCUT2D eigenvalue weighted by Crippen LogP contribution is -2.37. The standard InChI is InChI=1S/C15H17ClN2S.C11H21NO3/c16-14-8-12-10-18-6-3-11(12)9-15(14)19-13-2-1-5-17-7-4-13;1-11(2,3)15-10(14)12-7-4-5-9(13)6-8-12/h3,6,8-10,13,17H,1-2,4-5,7H2;9,13H,4-8H2,1-3H3. The Hall–Kier alpha value is -1.54. The molecule has 2 aromatic rings. The topological polar surface area (TPSA) is 74.7 Å². The summed E-state index contributed by atoms with van der Waals surface area (Å²) in [6.45, 7) is 9.12. The van der Waals surface area contributed by atoms with Crippen LogP contribution in [-0.2, 0) is 4.74 Å². The van der Waals surface area contributed by atoms with E-state index in [1.807, 2.05) is 57.1 Å². The van der Waals surface area contributed by atoms with E-state index in [0.29, 0.717) is 24.8 Å². The first kappa shape index (κ1) is 27.1. The number of halogens is 1. The second-order valence-electron chi connectivity index (χ2n) is 9.98. The highest BCUT2D eigenvalue weighted by molar-refractivity contribution is 8.00. The number of hydrogen-bond donors (Lipinski definition) is 2. The summed E-state index contributed by atoms with van der Waals surface area (Å²) in [6.07, 6.45) is 9.18. The second kappa shape index (κ2) is 13.0. The molecule has 2 N–H and O–H groups in total. The van der Waals surface area contributed by atoms with E-state index in [-0.39, 0.29) is 12.2 Å². The van der Waals surface area contributed by atoms with Crippen molar-refractivity contribution in [2.24, 2.45) is 0 Å². The van der Waals surface area contributed by atoms with E-state index in [4.69, 9.17) is 16.3 Å². The summed E-state index contributed by atoms with van der Waals surface area (Å²) in [5.74, 6) is 0. The molecule has 4 rings (SSSR count). The largest absolute Gasteiger partial charge is 0.444 e. The second-order valence-corrected chi connectivity index (χ2v) is 11.7. The Labute approximate surface area is 212 Å². The van der Waals surface area contributed by atoms with Crippen LogP contribution in [0.4, 0.5) is 4.79 Å². The van der Waals surface area contributed by atoms with E-state index < -0.39 is 5.60 Å². The molecule has 8 heteroatoms. The molecule has 2 atom stereocenters.